The Labute approximate surface area is 151 Å². The predicted molar refractivity (Wildman–Crippen MR) is 103 cm³/mol. The lowest BCUT2D eigenvalue weighted by molar-refractivity contribution is -0.139. The normalized spacial score (nSPS) is 11.9. The van der Waals surface area contributed by atoms with Gasteiger partial charge in [-0.25, -0.2) is 4.79 Å². The van der Waals surface area contributed by atoms with Crippen LogP contribution in [0.4, 0.5) is 5.69 Å². The molecular formula is C19H23NO4S. The summed E-state index contributed by atoms with van der Waals surface area (Å²) >= 11 is 1.65. The van der Waals surface area contributed by atoms with Gasteiger partial charge in [-0.15, -0.1) is 11.8 Å². The Bertz CT molecular complexity index is 747. The third kappa shape index (κ3) is 5.39. The van der Waals surface area contributed by atoms with Gasteiger partial charge in [0.2, 0.25) is 5.91 Å². The molecule has 0 fully saturated rings. The Morgan fingerprint density at radius 3 is 2.60 bits per heavy atom. The molecule has 5 nitrogen and oxygen atoms in total. The van der Waals surface area contributed by atoms with Crippen molar-refractivity contribution in [3.63, 3.8) is 0 Å². The van der Waals surface area contributed by atoms with Gasteiger partial charge in [0.25, 0.3) is 0 Å². The lowest BCUT2D eigenvalue weighted by atomic mass is 10.1. The summed E-state index contributed by atoms with van der Waals surface area (Å²) < 4.78 is 5.34. The van der Waals surface area contributed by atoms with Crippen molar-refractivity contribution in [2.24, 2.45) is 0 Å². The van der Waals surface area contributed by atoms with Crippen LogP contribution in [0.1, 0.15) is 26.7 Å². The van der Waals surface area contributed by atoms with Gasteiger partial charge in [0.05, 0.1) is 5.25 Å². The average Bonchev–Trinajstić information content (AvgIpc) is 2.61. The van der Waals surface area contributed by atoms with Crippen molar-refractivity contribution in [1.29, 1.82) is 0 Å². The summed E-state index contributed by atoms with van der Waals surface area (Å²) in [6, 6.07) is 10.9. The fraction of sp³-hybridized carbons (Fsp3) is 0.368. The van der Waals surface area contributed by atoms with Gasteiger partial charge in [0.1, 0.15) is 5.75 Å². The number of benzene rings is 2. The first-order chi connectivity index (χ1) is 12.0. The van der Waals surface area contributed by atoms with E-state index in [1.54, 1.807) is 23.9 Å². The van der Waals surface area contributed by atoms with E-state index in [0.717, 1.165) is 29.4 Å². The van der Waals surface area contributed by atoms with E-state index in [9.17, 15) is 9.59 Å². The molecule has 0 aliphatic carbocycles. The van der Waals surface area contributed by atoms with Gasteiger partial charge in [-0.2, -0.15) is 0 Å². The lowest BCUT2D eigenvalue weighted by Crippen LogP contribution is -2.23. The zero-order valence-corrected chi connectivity index (χ0v) is 15.3. The molecule has 0 aliphatic heterocycles. The third-order valence-corrected chi connectivity index (χ3v) is 4.97. The Hall–Kier alpha value is -2.21. The number of anilines is 1. The van der Waals surface area contributed by atoms with E-state index >= 15 is 0 Å². The number of carbonyl (C=O) groups excluding carboxylic acids is 1. The number of thioether (sulfide) groups is 1. The highest BCUT2D eigenvalue weighted by molar-refractivity contribution is 8.00. The van der Waals surface area contributed by atoms with Crippen LogP contribution in [-0.2, 0) is 9.59 Å². The van der Waals surface area contributed by atoms with Crippen molar-refractivity contribution in [3.05, 3.63) is 36.4 Å². The highest BCUT2D eigenvalue weighted by Gasteiger charge is 2.15. The quantitative estimate of drug-likeness (QED) is 0.656. The molecule has 2 rings (SSSR count). The lowest BCUT2D eigenvalue weighted by Gasteiger charge is -2.15. The number of ether oxygens (including phenoxy) is 1. The van der Waals surface area contributed by atoms with E-state index in [-0.39, 0.29) is 11.2 Å². The first-order valence-electron chi connectivity index (χ1n) is 8.31. The van der Waals surface area contributed by atoms with Crippen molar-refractivity contribution in [2.75, 3.05) is 17.7 Å². The molecule has 2 aromatic rings. The highest BCUT2D eigenvalue weighted by atomic mass is 32.2. The largest absolute Gasteiger partial charge is 0.481 e. The monoisotopic (exact) mass is 361 g/mol. The third-order valence-electron chi connectivity index (χ3n) is 3.73. The van der Waals surface area contributed by atoms with Crippen LogP contribution in [0.3, 0.4) is 0 Å². The van der Waals surface area contributed by atoms with Crippen LogP contribution in [0.15, 0.2) is 36.4 Å². The summed E-state index contributed by atoms with van der Waals surface area (Å²) in [5, 5.41) is 13.2. The molecule has 25 heavy (non-hydrogen) atoms. The van der Waals surface area contributed by atoms with Gasteiger partial charge in [0.15, 0.2) is 6.61 Å². The molecule has 6 heteroatoms. The minimum Gasteiger partial charge on any atom is -0.481 e. The number of unbranched alkanes of at least 4 members (excludes halogenated alkanes) is 1. The molecule has 0 aromatic heterocycles. The summed E-state index contributed by atoms with van der Waals surface area (Å²) in [4.78, 5) is 23.1. The van der Waals surface area contributed by atoms with Gasteiger partial charge < -0.3 is 15.2 Å². The summed E-state index contributed by atoms with van der Waals surface area (Å²) in [7, 11) is 0. The maximum atomic E-state index is 12.4. The van der Waals surface area contributed by atoms with Crippen molar-refractivity contribution in [2.45, 2.75) is 31.9 Å². The SMILES string of the molecule is CCCCSC(C)C(=O)Nc1ccc(OCC(=O)O)c2ccccc12. The number of fused-ring (bicyclic) bond motifs is 1. The number of hydrogen-bond acceptors (Lipinski definition) is 4. The molecule has 1 amide bonds. The molecule has 0 saturated carbocycles. The Morgan fingerprint density at radius 2 is 1.92 bits per heavy atom. The van der Waals surface area contributed by atoms with Crippen LogP contribution in [0.25, 0.3) is 10.8 Å². The number of hydrogen-bond donors (Lipinski definition) is 2. The highest BCUT2D eigenvalue weighted by Crippen LogP contribution is 2.32. The van der Waals surface area contributed by atoms with Gasteiger partial charge >= 0.3 is 5.97 Å². The number of nitrogens with one attached hydrogen (secondary N) is 1. The zero-order valence-electron chi connectivity index (χ0n) is 14.5. The van der Waals surface area contributed by atoms with Gasteiger partial charge in [-0.05, 0) is 31.2 Å². The molecule has 2 aromatic carbocycles. The van der Waals surface area contributed by atoms with Gasteiger partial charge in [-0.1, -0.05) is 37.6 Å². The van der Waals surface area contributed by atoms with Gasteiger partial charge in [0, 0.05) is 16.5 Å². The van der Waals surface area contributed by atoms with Crippen molar-refractivity contribution in [1.82, 2.24) is 0 Å². The maximum absolute atomic E-state index is 12.4. The van der Waals surface area contributed by atoms with E-state index in [4.69, 9.17) is 9.84 Å². The molecular weight excluding hydrogens is 338 g/mol. The van der Waals surface area contributed by atoms with Crippen LogP contribution in [-0.4, -0.2) is 34.6 Å². The number of aliphatic carboxylic acids is 1. The Kier molecular flexibility index (Phi) is 7.13. The maximum Gasteiger partial charge on any atom is 0.341 e. The first-order valence-corrected chi connectivity index (χ1v) is 9.36. The van der Waals surface area contributed by atoms with Crippen molar-refractivity contribution < 1.29 is 19.4 Å². The van der Waals surface area contributed by atoms with Crippen LogP contribution in [0.2, 0.25) is 0 Å². The number of carboxylic acid groups (broad SMARTS) is 1. The molecule has 0 spiro atoms. The predicted octanol–water partition coefficient (Wildman–Crippen LogP) is 4.16. The number of amides is 1. The van der Waals surface area contributed by atoms with E-state index in [1.807, 2.05) is 31.2 Å². The second-order valence-corrected chi connectivity index (χ2v) is 7.14. The molecule has 0 radical (unpaired) electrons. The molecule has 1 unspecified atom stereocenters. The molecule has 0 heterocycles. The number of rotatable bonds is 9. The second-order valence-electron chi connectivity index (χ2n) is 5.70. The van der Waals surface area contributed by atoms with Crippen LogP contribution in [0, 0.1) is 0 Å². The fourth-order valence-electron chi connectivity index (χ4n) is 2.36. The smallest absolute Gasteiger partial charge is 0.341 e. The minimum absolute atomic E-state index is 0.0366. The second kappa shape index (κ2) is 9.32. The number of carbonyl (C=O) groups is 2. The van der Waals surface area contributed by atoms with Crippen LogP contribution >= 0.6 is 11.8 Å². The summed E-state index contributed by atoms with van der Waals surface area (Å²) in [5.74, 6) is 0.388. The topological polar surface area (TPSA) is 75.6 Å². The Balaban J connectivity index is 2.17. The summed E-state index contributed by atoms with van der Waals surface area (Å²) in [5.41, 5.74) is 0.700. The van der Waals surface area contributed by atoms with E-state index in [0.29, 0.717) is 11.4 Å². The molecule has 0 bridgehead atoms. The van der Waals surface area contributed by atoms with Crippen molar-refractivity contribution in [3.8, 4) is 5.75 Å². The van der Waals surface area contributed by atoms with E-state index in [1.165, 1.54) is 0 Å². The van der Waals surface area contributed by atoms with Gasteiger partial charge in [-0.3, -0.25) is 4.79 Å². The first kappa shape index (κ1) is 19.1. The van der Waals surface area contributed by atoms with Crippen LogP contribution in [0.5, 0.6) is 5.75 Å². The van der Waals surface area contributed by atoms with E-state index in [2.05, 4.69) is 12.2 Å². The number of carboxylic acids is 1. The average molecular weight is 361 g/mol. The minimum atomic E-state index is -1.03. The van der Waals surface area contributed by atoms with E-state index < -0.39 is 12.6 Å². The summed E-state index contributed by atoms with van der Waals surface area (Å²) in [6.07, 6.45) is 2.21. The Morgan fingerprint density at radius 1 is 1.20 bits per heavy atom. The van der Waals surface area contributed by atoms with Crippen LogP contribution < -0.4 is 10.1 Å². The standard InChI is InChI=1S/C19H23NO4S/c1-3-4-11-25-13(2)19(23)20-16-9-10-17(24-12-18(21)22)15-8-6-5-7-14(15)16/h5-10,13H,3-4,11-12H2,1-2H3,(H,20,23)(H,21,22). The molecule has 2 N–H and O–H groups in total. The van der Waals surface area contributed by atoms with Crippen molar-refractivity contribution >= 4 is 40.1 Å². The fourth-order valence-corrected chi connectivity index (χ4v) is 3.38. The molecule has 0 aliphatic rings. The molecule has 1 atom stereocenters. The zero-order chi connectivity index (χ0) is 18.2. The molecule has 0 saturated heterocycles. The molecule has 134 valence electrons. The summed E-state index contributed by atoms with van der Waals surface area (Å²) in [6.45, 7) is 3.63.